The SMILES string of the molecule is CCn1cc(-c2ncc(CO)s2)cn1. The van der Waals surface area contributed by atoms with Gasteiger partial charge in [-0.15, -0.1) is 11.3 Å². The third kappa shape index (κ3) is 1.69. The molecule has 0 aromatic carbocycles. The minimum Gasteiger partial charge on any atom is -0.391 e. The molecule has 0 radical (unpaired) electrons. The van der Waals surface area contributed by atoms with Crippen LogP contribution in [0.3, 0.4) is 0 Å². The zero-order valence-electron chi connectivity index (χ0n) is 7.84. The Kier molecular flexibility index (Phi) is 2.60. The summed E-state index contributed by atoms with van der Waals surface area (Å²) in [5.74, 6) is 0. The molecule has 0 unspecified atom stereocenters. The van der Waals surface area contributed by atoms with E-state index in [4.69, 9.17) is 5.11 Å². The number of aryl methyl sites for hydroxylation is 1. The first-order valence-electron chi connectivity index (χ1n) is 4.42. The predicted molar refractivity (Wildman–Crippen MR) is 54.9 cm³/mol. The zero-order chi connectivity index (χ0) is 9.97. The number of aliphatic hydroxyl groups excluding tert-OH is 1. The number of aliphatic hydroxyl groups is 1. The van der Waals surface area contributed by atoms with Crippen molar-refractivity contribution in [3.8, 4) is 10.6 Å². The van der Waals surface area contributed by atoms with Crippen molar-refractivity contribution in [3.63, 3.8) is 0 Å². The molecule has 0 saturated heterocycles. The third-order valence-corrected chi connectivity index (χ3v) is 2.94. The zero-order valence-corrected chi connectivity index (χ0v) is 8.66. The maximum absolute atomic E-state index is 8.90. The molecule has 2 rings (SSSR count). The maximum Gasteiger partial charge on any atom is 0.126 e. The average molecular weight is 209 g/mol. The topological polar surface area (TPSA) is 50.9 Å². The Bertz CT molecular complexity index is 381. The van der Waals surface area contributed by atoms with Gasteiger partial charge in [0.2, 0.25) is 0 Å². The molecule has 5 heteroatoms. The van der Waals surface area contributed by atoms with Gasteiger partial charge in [0.15, 0.2) is 0 Å². The summed E-state index contributed by atoms with van der Waals surface area (Å²) in [5.41, 5.74) is 1.01. The van der Waals surface area contributed by atoms with Crippen LogP contribution in [0.25, 0.3) is 10.6 Å². The molecule has 74 valence electrons. The van der Waals surface area contributed by atoms with E-state index in [0.717, 1.165) is 22.0 Å². The minimum absolute atomic E-state index is 0.0551. The average Bonchev–Trinajstić information content (AvgIpc) is 2.86. The first kappa shape index (κ1) is 9.36. The lowest BCUT2D eigenvalue weighted by Crippen LogP contribution is -1.91. The number of aromatic nitrogens is 3. The van der Waals surface area contributed by atoms with Crippen LogP contribution in [0.4, 0.5) is 0 Å². The fourth-order valence-corrected chi connectivity index (χ4v) is 1.91. The molecule has 0 bridgehead atoms. The lowest BCUT2D eigenvalue weighted by molar-refractivity contribution is 0.285. The second-order valence-corrected chi connectivity index (χ2v) is 3.99. The monoisotopic (exact) mass is 209 g/mol. The van der Waals surface area contributed by atoms with Crippen LogP contribution in [0.1, 0.15) is 11.8 Å². The Labute approximate surface area is 85.8 Å². The molecule has 0 amide bonds. The van der Waals surface area contributed by atoms with Crippen LogP contribution in [-0.4, -0.2) is 19.9 Å². The Morgan fingerprint density at radius 1 is 1.50 bits per heavy atom. The summed E-state index contributed by atoms with van der Waals surface area (Å²) < 4.78 is 1.86. The fourth-order valence-electron chi connectivity index (χ4n) is 1.16. The standard InChI is InChI=1S/C9H11N3OS/c1-2-12-5-7(3-11-12)9-10-4-8(6-13)14-9/h3-5,13H,2,6H2,1H3. The van der Waals surface area contributed by atoms with E-state index >= 15 is 0 Å². The smallest absolute Gasteiger partial charge is 0.126 e. The molecule has 0 spiro atoms. The first-order valence-corrected chi connectivity index (χ1v) is 5.23. The summed E-state index contributed by atoms with van der Waals surface area (Å²) >= 11 is 1.50. The molecular formula is C9H11N3OS. The highest BCUT2D eigenvalue weighted by molar-refractivity contribution is 7.15. The lowest BCUT2D eigenvalue weighted by atomic mass is 10.4. The first-order chi connectivity index (χ1) is 6.83. The number of thiazole rings is 1. The highest BCUT2D eigenvalue weighted by Gasteiger charge is 2.05. The molecule has 0 saturated carbocycles. The van der Waals surface area contributed by atoms with Crippen molar-refractivity contribution in [2.45, 2.75) is 20.1 Å². The van der Waals surface area contributed by atoms with Crippen LogP contribution in [0.5, 0.6) is 0 Å². The summed E-state index contributed by atoms with van der Waals surface area (Å²) in [5, 5.41) is 14.0. The Balaban J connectivity index is 2.29. The van der Waals surface area contributed by atoms with E-state index in [9.17, 15) is 0 Å². The number of nitrogens with zero attached hydrogens (tertiary/aromatic N) is 3. The third-order valence-electron chi connectivity index (χ3n) is 1.91. The molecule has 0 atom stereocenters. The van der Waals surface area contributed by atoms with Crippen LogP contribution in [-0.2, 0) is 13.2 Å². The molecule has 1 N–H and O–H groups in total. The fraction of sp³-hybridized carbons (Fsp3) is 0.333. The maximum atomic E-state index is 8.90. The van der Waals surface area contributed by atoms with Crippen LogP contribution < -0.4 is 0 Å². The quantitative estimate of drug-likeness (QED) is 0.833. The molecule has 14 heavy (non-hydrogen) atoms. The van der Waals surface area contributed by atoms with Crippen LogP contribution in [0, 0.1) is 0 Å². The molecule has 0 aliphatic carbocycles. The second kappa shape index (κ2) is 3.89. The van der Waals surface area contributed by atoms with Crippen molar-refractivity contribution < 1.29 is 5.11 Å². The van der Waals surface area contributed by atoms with Crippen molar-refractivity contribution in [2.24, 2.45) is 0 Å². The van der Waals surface area contributed by atoms with E-state index in [0.29, 0.717) is 0 Å². The van der Waals surface area contributed by atoms with E-state index in [1.165, 1.54) is 11.3 Å². The molecule has 2 heterocycles. The van der Waals surface area contributed by atoms with Gasteiger partial charge in [-0.2, -0.15) is 5.10 Å². The second-order valence-electron chi connectivity index (χ2n) is 2.87. The van der Waals surface area contributed by atoms with E-state index in [1.807, 2.05) is 17.8 Å². The predicted octanol–water partition coefficient (Wildman–Crippen LogP) is 1.52. The number of hydrogen-bond acceptors (Lipinski definition) is 4. The van der Waals surface area contributed by atoms with Crippen LogP contribution in [0.2, 0.25) is 0 Å². The summed E-state index contributed by atoms with van der Waals surface area (Å²) in [4.78, 5) is 5.09. The van der Waals surface area contributed by atoms with Gasteiger partial charge in [-0.05, 0) is 6.92 Å². The van der Waals surface area contributed by atoms with Gasteiger partial charge in [0.25, 0.3) is 0 Å². The van der Waals surface area contributed by atoms with Crippen LogP contribution in [0.15, 0.2) is 18.6 Å². The molecule has 2 aromatic heterocycles. The molecule has 2 aromatic rings. The highest BCUT2D eigenvalue weighted by Crippen LogP contribution is 2.24. The highest BCUT2D eigenvalue weighted by atomic mass is 32.1. The minimum atomic E-state index is 0.0551. The van der Waals surface area contributed by atoms with Gasteiger partial charge in [-0.3, -0.25) is 4.68 Å². The number of hydrogen-bond donors (Lipinski definition) is 1. The van der Waals surface area contributed by atoms with Crippen molar-refractivity contribution in [2.75, 3.05) is 0 Å². The summed E-state index contributed by atoms with van der Waals surface area (Å²) in [7, 11) is 0. The normalized spacial score (nSPS) is 10.7. The van der Waals surface area contributed by atoms with E-state index in [1.54, 1.807) is 12.4 Å². The molecule has 0 aliphatic heterocycles. The van der Waals surface area contributed by atoms with Gasteiger partial charge in [0.05, 0.1) is 17.7 Å². The van der Waals surface area contributed by atoms with Gasteiger partial charge >= 0.3 is 0 Å². The summed E-state index contributed by atoms with van der Waals surface area (Å²) in [6.45, 7) is 2.95. The Hall–Kier alpha value is -1.20. The Morgan fingerprint density at radius 2 is 2.36 bits per heavy atom. The van der Waals surface area contributed by atoms with Crippen LogP contribution >= 0.6 is 11.3 Å². The Morgan fingerprint density at radius 3 is 2.93 bits per heavy atom. The molecular weight excluding hydrogens is 198 g/mol. The van der Waals surface area contributed by atoms with Gasteiger partial charge in [-0.1, -0.05) is 0 Å². The van der Waals surface area contributed by atoms with Gasteiger partial charge < -0.3 is 5.11 Å². The number of rotatable bonds is 3. The van der Waals surface area contributed by atoms with E-state index in [-0.39, 0.29) is 6.61 Å². The van der Waals surface area contributed by atoms with Gasteiger partial charge in [0, 0.05) is 24.5 Å². The largest absolute Gasteiger partial charge is 0.391 e. The molecule has 0 fully saturated rings. The van der Waals surface area contributed by atoms with E-state index < -0.39 is 0 Å². The van der Waals surface area contributed by atoms with Crippen molar-refractivity contribution in [1.29, 1.82) is 0 Å². The van der Waals surface area contributed by atoms with E-state index in [2.05, 4.69) is 10.1 Å². The molecule has 0 aliphatic rings. The lowest BCUT2D eigenvalue weighted by Gasteiger charge is -1.90. The van der Waals surface area contributed by atoms with Gasteiger partial charge in [0.1, 0.15) is 5.01 Å². The molecule has 4 nitrogen and oxygen atoms in total. The van der Waals surface area contributed by atoms with Crippen molar-refractivity contribution in [1.82, 2.24) is 14.8 Å². The van der Waals surface area contributed by atoms with Crippen molar-refractivity contribution in [3.05, 3.63) is 23.5 Å². The van der Waals surface area contributed by atoms with Gasteiger partial charge in [-0.25, -0.2) is 4.98 Å². The summed E-state index contributed by atoms with van der Waals surface area (Å²) in [6, 6.07) is 0. The summed E-state index contributed by atoms with van der Waals surface area (Å²) in [6.07, 6.45) is 5.45. The van der Waals surface area contributed by atoms with Crippen molar-refractivity contribution >= 4 is 11.3 Å².